The molecule has 0 aliphatic carbocycles. The van der Waals surface area contributed by atoms with Crippen LogP contribution in [0.15, 0.2) is 189 Å². The number of pyridine rings is 6. The molecule has 122 heavy (non-hydrogen) atoms. The van der Waals surface area contributed by atoms with Gasteiger partial charge in [-0.05, 0) is 181 Å². The Bertz CT molecular complexity index is 5850. The quantitative estimate of drug-likeness (QED) is 0.0462. The second kappa shape index (κ2) is 34.0. The summed E-state index contributed by atoms with van der Waals surface area (Å²) in [6, 6.07) is 44.4. The van der Waals surface area contributed by atoms with E-state index in [1.165, 1.54) is 36.6 Å². The highest BCUT2D eigenvalue weighted by atomic mass is 19.1. The van der Waals surface area contributed by atoms with Gasteiger partial charge in [-0.15, -0.1) is 0 Å². The number of nitrogens with zero attached hydrogens (tertiary/aromatic N) is 26. The van der Waals surface area contributed by atoms with E-state index in [0.717, 1.165) is 190 Å². The number of hydrogen-bond acceptors (Lipinski definition) is 24. The third-order valence-electron chi connectivity index (χ3n) is 23.9. The smallest absolute Gasteiger partial charge is 0.161 e. The molecule has 618 valence electrons. The van der Waals surface area contributed by atoms with E-state index < -0.39 is 6.67 Å². The molecule has 6 unspecified atom stereocenters. The fourth-order valence-electron chi connectivity index (χ4n) is 17.8. The lowest BCUT2D eigenvalue weighted by Gasteiger charge is -2.56. The summed E-state index contributed by atoms with van der Waals surface area (Å²) in [4.78, 5) is 71.7. The molecule has 9 fully saturated rings. The maximum absolute atomic E-state index is 12.8. The zero-order valence-corrected chi connectivity index (χ0v) is 69.3. The number of hydrogen-bond donors (Lipinski definition) is 4. The van der Waals surface area contributed by atoms with Crippen molar-refractivity contribution in [2.45, 2.75) is 149 Å². The summed E-state index contributed by atoms with van der Waals surface area (Å²) in [7, 11) is 2.05. The molecule has 24 heterocycles. The number of aromatic nitrogens is 23. The van der Waals surface area contributed by atoms with Crippen LogP contribution in [-0.2, 0) is 59.2 Å². The van der Waals surface area contributed by atoms with Crippen LogP contribution in [0.5, 0.6) is 0 Å². The molecule has 9 aliphatic rings. The van der Waals surface area contributed by atoms with E-state index in [2.05, 4.69) is 192 Å². The third kappa shape index (κ3) is 17.4. The Labute approximate surface area is 705 Å². The molecule has 6 atom stereocenters. The van der Waals surface area contributed by atoms with Gasteiger partial charge in [-0.3, -0.25) is 35.0 Å². The number of alkyl halides is 1. The van der Waals surface area contributed by atoms with Crippen molar-refractivity contribution in [3.05, 3.63) is 286 Å². The number of anilines is 3. The van der Waals surface area contributed by atoms with Crippen molar-refractivity contribution < 1.29 is 9.50 Å². The van der Waals surface area contributed by atoms with Crippen LogP contribution < -0.4 is 14.7 Å². The van der Waals surface area contributed by atoms with Crippen molar-refractivity contribution >= 4 is 17.5 Å². The number of piperidine rings is 3. The van der Waals surface area contributed by atoms with E-state index in [9.17, 15) is 9.50 Å². The number of halogens is 1. The average Bonchev–Trinajstić information content (AvgIpc) is 0.927. The van der Waals surface area contributed by atoms with Crippen molar-refractivity contribution in [1.82, 2.24) is 129 Å². The first-order valence-corrected chi connectivity index (χ1v) is 41.7. The van der Waals surface area contributed by atoms with Crippen LogP contribution in [0.1, 0.15) is 115 Å². The van der Waals surface area contributed by atoms with Gasteiger partial charge in [-0.2, -0.15) is 25.5 Å². The zero-order valence-electron chi connectivity index (χ0n) is 69.3. The number of nitrogens with one attached hydrogen (secondary N) is 3. The van der Waals surface area contributed by atoms with Crippen LogP contribution in [0, 0.1) is 41.5 Å². The Morgan fingerprint density at radius 1 is 0.377 bits per heavy atom. The van der Waals surface area contributed by atoms with Gasteiger partial charge in [0.15, 0.2) is 29.1 Å². The number of aliphatic hydroxyl groups is 1. The van der Waals surface area contributed by atoms with Crippen molar-refractivity contribution in [3.63, 3.8) is 0 Å². The fraction of sp³-hybridized carbons (Fsp3) is 0.330. The highest BCUT2D eigenvalue weighted by molar-refractivity contribution is 5.61. The fourth-order valence-corrected chi connectivity index (χ4v) is 17.8. The van der Waals surface area contributed by atoms with Crippen LogP contribution in [-0.4, -0.2) is 210 Å². The molecule has 31 heteroatoms. The van der Waals surface area contributed by atoms with Gasteiger partial charge in [-0.25, -0.2) is 68.6 Å². The van der Waals surface area contributed by atoms with Gasteiger partial charge in [0, 0.05) is 239 Å². The minimum atomic E-state index is -0.526. The highest BCUT2D eigenvalue weighted by Crippen LogP contribution is 2.40. The van der Waals surface area contributed by atoms with Crippen molar-refractivity contribution in [1.29, 1.82) is 0 Å². The van der Waals surface area contributed by atoms with E-state index in [-0.39, 0.29) is 6.61 Å². The van der Waals surface area contributed by atoms with Gasteiger partial charge >= 0.3 is 0 Å². The van der Waals surface area contributed by atoms with E-state index in [0.29, 0.717) is 84.4 Å². The van der Waals surface area contributed by atoms with Crippen LogP contribution >= 0.6 is 0 Å². The van der Waals surface area contributed by atoms with Crippen LogP contribution in [0.3, 0.4) is 0 Å². The molecule has 6 bridgehead atoms. The maximum atomic E-state index is 12.8. The first kappa shape index (κ1) is 78.5. The molecule has 9 aliphatic heterocycles. The first-order chi connectivity index (χ1) is 59.5. The highest BCUT2D eigenvalue weighted by Gasteiger charge is 2.47. The molecular formula is C91H96FN29O. The summed E-state index contributed by atoms with van der Waals surface area (Å²) in [5.41, 5.74) is 21.5. The minimum absolute atomic E-state index is 0.0263. The lowest BCUT2D eigenvalue weighted by molar-refractivity contribution is -0.00877. The minimum Gasteiger partial charge on any atom is -0.392 e. The molecule has 24 rings (SSSR count). The van der Waals surface area contributed by atoms with Crippen molar-refractivity contribution in [3.8, 4) is 57.2 Å². The Morgan fingerprint density at radius 2 is 0.738 bits per heavy atom. The topological polar surface area (TPSA) is 321 Å². The summed E-state index contributed by atoms with van der Waals surface area (Å²) in [6.07, 6.45) is 25.9. The molecular weight excluding hydrogens is 1530 g/mol. The number of rotatable bonds is 23. The second-order valence-corrected chi connectivity index (χ2v) is 33.2. The summed E-state index contributed by atoms with van der Waals surface area (Å²) < 4.78 is 18.2. The molecule has 0 aromatic carbocycles. The zero-order chi connectivity index (χ0) is 83.1. The number of aliphatic hydroxyl groups excluding tert-OH is 1. The monoisotopic (exact) mass is 1630 g/mol. The summed E-state index contributed by atoms with van der Waals surface area (Å²) in [6.45, 7) is 19.9. The first-order valence-electron chi connectivity index (χ1n) is 41.7. The predicted octanol–water partition coefficient (Wildman–Crippen LogP) is 11.3. The molecule has 0 radical (unpaired) electrons. The standard InChI is InChI=1S/C31H33N9.C30H31FN10.C30H32N10O/c1-20-11-24(13-25-12-21(2)36-37-25)35-31(34-20)23-7-9-30(33-16-23)39-18-26-14-27(19-39)40(26)17-22-6-8-28(32-15-22)29-5-4-10-38(29)3;1-19-7-24(9-25-8-20(2)37-38-25)36-30(35-19)23-4-6-28(33-14-23)39-17-26-10-27(18-39)40(26)15-21-3-5-29(32-12-21)41-16-22(11-31)13-34-41;1-19-7-24(9-25-8-20(2)36-37-25)35-30(34-19)23-4-6-28(32-13-23)38-16-26-10-27(17-38)39(26)14-21-3-5-29(31-11-21)40-15-22(18-41)12-33-40/h4-12,15-16,26-27H,13-14,17-19H2,1-3H3,(H,36,37);3-8,12-14,16,26-27H,9-11,15,17-18H2,1-2H3,(H,37,38);3-8,11-13,15,26-27,41H,9-10,14,16-18H2,1-2H3,(H,36,37). The van der Waals surface area contributed by atoms with E-state index in [1.807, 2.05) is 121 Å². The lowest BCUT2D eigenvalue weighted by atomic mass is 9.87. The Hall–Kier alpha value is -13.4. The van der Waals surface area contributed by atoms with Gasteiger partial charge in [0.1, 0.15) is 24.1 Å². The van der Waals surface area contributed by atoms with Gasteiger partial charge in [0.2, 0.25) is 0 Å². The molecule has 9 saturated heterocycles. The Balaban J connectivity index is 0.000000121. The molecule has 15 aromatic heterocycles. The van der Waals surface area contributed by atoms with Crippen molar-refractivity contribution in [2.24, 2.45) is 7.05 Å². The SMILES string of the molecule is Cc1cc(Cc2cc(C)[nH]n2)nc(-c2ccc(N3CC4CC(C3)N4Cc3ccc(-c4cccn4C)nc3)nc2)n1.Cc1cc(Cc2cc(C)[nH]n2)nc(-c2ccc(N3CC4CC(C3)N4Cc3ccc(-n4cc(CF)cn4)nc3)nc2)n1.Cc1cc(Cc2cc(C)[nH]n2)nc(-c2ccc(N3CC4CC(C3)N4Cc3ccc(-n4cc(CO)cn4)nc3)nc2)n1. The van der Waals surface area contributed by atoms with E-state index in [1.54, 1.807) is 28.0 Å². The van der Waals surface area contributed by atoms with Gasteiger partial charge in [-0.1, -0.05) is 18.2 Å². The lowest BCUT2D eigenvalue weighted by Crippen LogP contribution is -2.68. The van der Waals surface area contributed by atoms with E-state index >= 15 is 0 Å². The molecule has 0 amide bonds. The van der Waals surface area contributed by atoms with Crippen LogP contribution in [0.25, 0.3) is 57.2 Å². The van der Waals surface area contributed by atoms with Gasteiger partial charge in [0.05, 0.1) is 64.6 Å². The van der Waals surface area contributed by atoms with Crippen LogP contribution in [0.4, 0.5) is 21.8 Å². The van der Waals surface area contributed by atoms with Crippen LogP contribution in [0.2, 0.25) is 0 Å². The second-order valence-electron chi connectivity index (χ2n) is 33.2. The average molecular weight is 1630 g/mol. The number of piperazine rings is 3. The van der Waals surface area contributed by atoms with Gasteiger partial charge in [0.25, 0.3) is 0 Å². The molecule has 4 N–H and O–H groups in total. The van der Waals surface area contributed by atoms with E-state index in [4.69, 9.17) is 34.9 Å². The molecule has 0 spiro atoms. The number of aryl methyl sites for hydroxylation is 7. The maximum Gasteiger partial charge on any atom is 0.161 e. The third-order valence-corrected chi connectivity index (χ3v) is 23.9. The molecule has 15 aromatic rings. The Kier molecular flexibility index (Phi) is 21.9. The Morgan fingerprint density at radius 3 is 1.03 bits per heavy atom. The summed E-state index contributed by atoms with van der Waals surface area (Å²) in [5.74, 6) is 6.54. The van der Waals surface area contributed by atoms with Crippen molar-refractivity contribution in [2.75, 3.05) is 54.0 Å². The molecule has 0 saturated carbocycles. The van der Waals surface area contributed by atoms with Gasteiger partial charge < -0.3 is 24.4 Å². The number of fused-ring (bicyclic) bond motifs is 6. The molecule has 30 nitrogen and oxygen atoms in total. The summed E-state index contributed by atoms with van der Waals surface area (Å²) >= 11 is 0. The number of H-pyrrole nitrogens is 3. The normalized spacial score (nSPS) is 18.5. The largest absolute Gasteiger partial charge is 0.392 e. The number of aromatic amines is 3. The predicted molar refractivity (Wildman–Crippen MR) is 460 cm³/mol. The summed E-state index contributed by atoms with van der Waals surface area (Å²) in [5, 5.41) is 39.7.